The van der Waals surface area contributed by atoms with E-state index in [0.717, 1.165) is 33.0 Å². The van der Waals surface area contributed by atoms with E-state index in [0.29, 0.717) is 32.3 Å². The minimum atomic E-state index is -4.90. The molecule has 6 aromatic rings. The summed E-state index contributed by atoms with van der Waals surface area (Å²) in [6.45, 7) is 2.14. The van der Waals surface area contributed by atoms with Crippen molar-refractivity contribution in [1.82, 2.24) is 28.6 Å². The Morgan fingerprint density at radius 3 is 1.89 bits per heavy atom. The number of carbonyl (C=O) groups excluding carboxylic acids is 8. The molecule has 23 nitrogen and oxygen atoms in total. The Kier molecular flexibility index (Phi) is 17.1. The summed E-state index contributed by atoms with van der Waals surface area (Å²) in [6, 6.07) is 23.6. The smallest absolute Gasteiger partial charge is 0.296 e. The molecule has 4 N–H and O–H groups in total. The van der Waals surface area contributed by atoms with Crippen LogP contribution in [0.2, 0.25) is 0 Å². The van der Waals surface area contributed by atoms with E-state index >= 15 is 4.79 Å². The van der Waals surface area contributed by atoms with Crippen molar-refractivity contribution >= 4 is 116 Å². The van der Waals surface area contributed by atoms with Gasteiger partial charge in [0.25, 0.3) is 49.7 Å². The third kappa shape index (κ3) is 12.3. The lowest BCUT2D eigenvalue weighted by atomic mass is 9.91. The molecule has 0 saturated carbocycles. The fourth-order valence-corrected chi connectivity index (χ4v) is 14.2. The third-order valence-corrected chi connectivity index (χ3v) is 19.5. The van der Waals surface area contributed by atoms with Gasteiger partial charge in [0, 0.05) is 112 Å². The van der Waals surface area contributed by atoms with Crippen molar-refractivity contribution in [3.63, 3.8) is 0 Å². The SMILES string of the molecule is Cc1ccc(S(=O)(=O)N(CCCC(=O)CCCNC(=O)CCN2C(=O)C=CC2=O)C(=O)c2c3ccccc3[n+](CCCS(=O)(=O)N3CCN(C(=O)CN4C(=O)c5cc(C)cc6c(N)c(S(=O)(=O)O)cc(c56)C4=O)CC3)c3ccccc23)cc1. The van der Waals surface area contributed by atoms with Gasteiger partial charge in [-0.3, -0.25) is 52.7 Å². The minimum Gasteiger partial charge on any atom is -0.397 e. The van der Waals surface area contributed by atoms with Crippen molar-refractivity contribution in [2.24, 2.45) is 0 Å². The molecule has 5 aromatic carbocycles. The van der Waals surface area contributed by atoms with Crippen molar-refractivity contribution in [3.8, 4) is 0 Å². The maximum Gasteiger partial charge on any atom is 0.296 e. The summed E-state index contributed by atoms with van der Waals surface area (Å²) in [5.41, 5.74) is 7.87. The molecular formula is C57H59N8O15S3+. The molecule has 0 radical (unpaired) electrons. The maximum absolute atomic E-state index is 15.1. The van der Waals surface area contributed by atoms with Crippen LogP contribution in [0.3, 0.4) is 0 Å². The number of aryl methyl sites for hydroxylation is 3. The lowest BCUT2D eigenvalue weighted by Gasteiger charge is -2.35. The van der Waals surface area contributed by atoms with E-state index in [1.165, 1.54) is 33.5 Å². The van der Waals surface area contributed by atoms with Crippen molar-refractivity contribution < 1.29 is 72.7 Å². The summed E-state index contributed by atoms with van der Waals surface area (Å²) in [4.78, 5) is 108. The molecule has 4 heterocycles. The topological polar surface area (TPSA) is 317 Å². The zero-order chi connectivity index (χ0) is 59.7. The fraction of sp³-hybridized carbons (Fsp3) is 0.316. The van der Waals surface area contributed by atoms with Gasteiger partial charge in [0.15, 0.2) is 6.54 Å². The highest BCUT2D eigenvalue weighted by Crippen LogP contribution is 2.38. The molecule has 7 amide bonds. The molecule has 83 heavy (non-hydrogen) atoms. The van der Waals surface area contributed by atoms with E-state index in [1.807, 2.05) is 4.57 Å². The largest absolute Gasteiger partial charge is 0.397 e. The molecule has 3 aliphatic rings. The maximum atomic E-state index is 15.1. The van der Waals surface area contributed by atoms with Crippen LogP contribution in [0.5, 0.6) is 0 Å². The number of piperazine rings is 1. The van der Waals surface area contributed by atoms with Gasteiger partial charge in [-0.1, -0.05) is 42.0 Å². The number of nitrogens with one attached hydrogen (secondary N) is 1. The molecule has 0 aliphatic carbocycles. The van der Waals surface area contributed by atoms with Gasteiger partial charge >= 0.3 is 0 Å². The van der Waals surface area contributed by atoms with Gasteiger partial charge in [-0.15, -0.1) is 0 Å². The van der Waals surface area contributed by atoms with Gasteiger partial charge in [-0.25, -0.2) is 21.1 Å². The van der Waals surface area contributed by atoms with Gasteiger partial charge in [-0.05, 0) is 74.7 Å². The number of amides is 7. The number of hydrogen-bond acceptors (Lipinski definition) is 15. The Bertz CT molecular complexity index is 4030. The number of rotatable bonds is 22. The first-order valence-corrected chi connectivity index (χ1v) is 31.1. The summed E-state index contributed by atoms with van der Waals surface area (Å²) in [5.74, 6) is -5.27. The predicted octanol–water partition coefficient (Wildman–Crippen LogP) is 3.43. The number of para-hydroxylation sites is 2. The van der Waals surface area contributed by atoms with Gasteiger partial charge in [0.1, 0.15) is 17.2 Å². The normalized spacial score (nSPS) is 15.0. The van der Waals surface area contributed by atoms with Gasteiger partial charge in [0.2, 0.25) is 32.9 Å². The number of sulfonamides is 2. The van der Waals surface area contributed by atoms with E-state index in [-0.39, 0.29) is 140 Å². The molecular weight excluding hydrogens is 1130 g/mol. The van der Waals surface area contributed by atoms with Crippen LogP contribution >= 0.6 is 0 Å². The average molecular weight is 1190 g/mol. The summed E-state index contributed by atoms with van der Waals surface area (Å²) in [7, 11) is -13.4. The quantitative estimate of drug-likeness (QED) is 0.0219. The van der Waals surface area contributed by atoms with Crippen molar-refractivity contribution in [1.29, 1.82) is 0 Å². The third-order valence-electron chi connectivity index (χ3n) is 14.9. The van der Waals surface area contributed by atoms with Gasteiger partial charge in [-0.2, -0.15) is 17.3 Å². The first kappa shape index (κ1) is 59.3. The van der Waals surface area contributed by atoms with E-state index < -0.39 is 83.0 Å². The molecule has 26 heteroatoms. The number of nitrogens with two attached hydrogens (primary N) is 1. The van der Waals surface area contributed by atoms with Crippen LogP contribution in [0.15, 0.2) is 113 Å². The number of fused-ring (bicyclic) bond motifs is 2. The fourth-order valence-electron chi connectivity index (χ4n) is 10.7. The Balaban J connectivity index is 0.855. The second-order valence-corrected chi connectivity index (χ2v) is 25.8. The minimum absolute atomic E-state index is 0.00569. The average Bonchev–Trinajstić information content (AvgIpc) is 2.54. The van der Waals surface area contributed by atoms with Crippen LogP contribution in [-0.2, 0) is 60.7 Å². The molecule has 1 saturated heterocycles. The Morgan fingerprint density at radius 1 is 0.687 bits per heavy atom. The summed E-state index contributed by atoms with van der Waals surface area (Å²) in [5, 5.41) is 3.58. The zero-order valence-electron chi connectivity index (χ0n) is 45.3. The van der Waals surface area contributed by atoms with Crippen LogP contribution in [0.25, 0.3) is 32.6 Å². The van der Waals surface area contributed by atoms with Gasteiger partial charge < -0.3 is 16.0 Å². The number of anilines is 1. The molecule has 1 fully saturated rings. The first-order chi connectivity index (χ1) is 39.4. The number of nitrogen functional groups attached to an aromatic ring is 1. The number of Topliss-reactive ketones (excluding diaryl/α,β-unsaturated/α-hetero) is 1. The number of nitrogens with zero attached hydrogens (tertiary/aromatic N) is 6. The summed E-state index contributed by atoms with van der Waals surface area (Å²) >= 11 is 0. The van der Waals surface area contributed by atoms with E-state index in [2.05, 4.69) is 5.32 Å². The summed E-state index contributed by atoms with van der Waals surface area (Å²) in [6.07, 6.45) is 2.44. The number of carbonyl (C=O) groups is 8. The first-order valence-electron chi connectivity index (χ1n) is 26.6. The number of ketones is 1. The Labute approximate surface area is 478 Å². The van der Waals surface area contributed by atoms with Crippen LogP contribution in [0, 0.1) is 13.8 Å². The Morgan fingerprint density at radius 2 is 1.28 bits per heavy atom. The molecule has 434 valence electrons. The lowest BCUT2D eigenvalue weighted by Crippen LogP contribution is -2.54. The van der Waals surface area contributed by atoms with Crippen molar-refractivity contribution in [2.45, 2.75) is 68.7 Å². The number of aromatic nitrogens is 1. The van der Waals surface area contributed by atoms with Crippen LogP contribution < -0.4 is 15.6 Å². The highest BCUT2D eigenvalue weighted by Gasteiger charge is 2.39. The molecule has 3 aliphatic heterocycles. The number of imide groups is 2. The highest BCUT2D eigenvalue weighted by atomic mass is 32.2. The zero-order valence-corrected chi connectivity index (χ0v) is 47.7. The highest BCUT2D eigenvalue weighted by molar-refractivity contribution is 7.89. The van der Waals surface area contributed by atoms with Crippen molar-refractivity contribution in [2.75, 3.05) is 63.8 Å². The predicted molar refractivity (Wildman–Crippen MR) is 303 cm³/mol. The molecule has 0 atom stereocenters. The lowest BCUT2D eigenvalue weighted by molar-refractivity contribution is -0.645. The van der Waals surface area contributed by atoms with E-state index in [1.54, 1.807) is 74.5 Å². The van der Waals surface area contributed by atoms with Gasteiger partial charge in [0.05, 0.1) is 38.2 Å². The second kappa shape index (κ2) is 23.9. The van der Waals surface area contributed by atoms with Crippen LogP contribution in [0.1, 0.15) is 80.7 Å². The number of benzene rings is 5. The molecule has 9 rings (SSSR count). The summed E-state index contributed by atoms with van der Waals surface area (Å²) < 4.78 is 95.4. The van der Waals surface area contributed by atoms with Crippen molar-refractivity contribution in [3.05, 3.63) is 131 Å². The number of hydrogen-bond donors (Lipinski definition) is 3. The standard InChI is InChI=1S/C57H58N8O15S3/c1-36-16-18-39(19-17-36)82(76,77)65(25-8-11-38(66)10-7-23-59-48(67)22-26-63-49(68)20-21-50(63)69)57(73)53-40-12-3-5-14-45(40)62(46-15-6-4-13-41(46)53)24-9-31-81(74,75)61-29-27-60(28-30-61)51(70)35-64-55(71)43-33-37(2)32-42-52(43)44(56(64)72)34-47(54(42)58)83(78,79)80/h3-6,12-21,32-34H,7-11,22-31,35H2,1-2H3,(H3-,58,59,67,71,72,78,79,80)/p+1. The Hall–Kier alpha value is -8.30. The van der Waals surface area contributed by atoms with E-state index in [9.17, 15) is 63.4 Å². The molecule has 1 aromatic heterocycles. The van der Waals surface area contributed by atoms with E-state index in [4.69, 9.17) is 5.73 Å². The van der Waals surface area contributed by atoms with Crippen LogP contribution in [0.4, 0.5) is 5.69 Å². The molecule has 0 unspecified atom stereocenters. The number of pyridine rings is 1. The second-order valence-electron chi connectivity index (χ2n) is 20.5. The molecule has 0 spiro atoms. The van der Waals surface area contributed by atoms with Crippen LogP contribution in [-0.4, -0.2) is 158 Å². The monoisotopic (exact) mass is 1190 g/mol. The molecule has 0 bridgehead atoms.